The van der Waals surface area contributed by atoms with Gasteiger partial charge < -0.3 is 9.64 Å². The summed E-state index contributed by atoms with van der Waals surface area (Å²) in [5.74, 6) is -0.370. The summed E-state index contributed by atoms with van der Waals surface area (Å²) in [6, 6.07) is 6.02. The normalized spacial score (nSPS) is 17.3. The monoisotopic (exact) mass is 537 g/mol. The maximum Gasteiger partial charge on any atom is 0.264 e. The molecule has 1 aromatic carbocycles. The Morgan fingerprint density at radius 2 is 2.00 bits per heavy atom. The largest absolute Gasteiger partial charge is 0.495 e. The number of allylic oxidation sites excluding steroid dienone is 5. The lowest BCUT2D eigenvalue weighted by Crippen LogP contribution is -2.48. The topological polar surface area (TPSA) is 104 Å². The number of piperazine rings is 1. The number of nitrogens with zero attached hydrogens (tertiary/aromatic N) is 4. The van der Waals surface area contributed by atoms with Crippen molar-refractivity contribution in [3.05, 3.63) is 102 Å². The third-order valence-electron chi connectivity index (χ3n) is 6.11. The fraction of sp³-hybridized carbons (Fsp3) is 0.222. The van der Waals surface area contributed by atoms with E-state index in [9.17, 15) is 17.6 Å². The van der Waals surface area contributed by atoms with Crippen LogP contribution in [-0.4, -0.2) is 68.1 Å². The van der Waals surface area contributed by atoms with E-state index in [1.165, 1.54) is 43.8 Å². The second-order valence-electron chi connectivity index (χ2n) is 8.68. The van der Waals surface area contributed by atoms with Crippen LogP contribution >= 0.6 is 0 Å². The van der Waals surface area contributed by atoms with Crippen molar-refractivity contribution < 1.29 is 22.3 Å². The number of halogens is 1. The highest BCUT2D eigenvalue weighted by Gasteiger charge is 2.27. The minimum absolute atomic E-state index is 0.0565. The molecule has 0 atom stereocenters. The standard InChI is InChI=1S/C27H28FN5O4S/c1-4-30-26-19(2)6-5-7-25(26)38(35,36)31-23-9-8-21(15-24(23)37-3)27(34)33-12-10-32(11-13-33)18-20-14-22(28)17-29-16-20/h4-9,14-17,31H,1-2,10-13,18H2,3H3. The highest BCUT2D eigenvalue weighted by molar-refractivity contribution is 7.97. The third-order valence-corrected chi connectivity index (χ3v) is 7.51. The van der Waals surface area contributed by atoms with Gasteiger partial charge in [-0.1, -0.05) is 25.3 Å². The van der Waals surface area contributed by atoms with Gasteiger partial charge in [-0.3, -0.25) is 24.4 Å². The number of hydrogen-bond donors (Lipinski definition) is 1. The van der Waals surface area contributed by atoms with Crippen LogP contribution in [0.5, 0.6) is 5.75 Å². The number of carbonyl (C=O) groups excluding carboxylic acids is 1. The molecule has 0 unspecified atom stereocenters. The molecule has 1 fully saturated rings. The lowest BCUT2D eigenvalue weighted by atomic mass is 10.1. The number of hydrogen-bond acceptors (Lipinski definition) is 7. The summed E-state index contributed by atoms with van der Waals surface area (Å²) in [6.45, 7) is 10.2. The second-order valence-corrected chi connectivity index (χ2v) is 10.3. The average molecular weight is 538 g/mol. The molecule has 2 aromatic rings. The zero-order chi connectivity index (χ0) is 27.3. The van der Waals surface area contributed by atoms with Crippen LogP contribution in [0.15, 0.2) is 89.7 Å². The van der Waals surface area contributed by atoms with Crippen LogP contribution in [0.2, 0.25) is 0 Å². The number of rotatable bonds is 8. The van der Waals surface area contributed by atoms with Gasteiger partial charge in [-0.15, -0.1) is 0 Å². The molecule has 198 valence electrons. The molecule has 0 bridgehead atoms. The van der Waals surface area contributed by atoms with E-state index in [2.05, 4.69) is 32.8 Å². The van der Waals surface area contributed by atoms with Gasteiger partial charge in [0.15, 0.2) is 0 Å². The molecule has 0 spiro atoms. The van der Waals surface area contributed by atoms with Crippen LogP contribution in [0.1, 0.15) is 15.9 Å². The quantitative estimate of drug-likeness (QED) is 0.553. The van der Waals surface area contributed by atoms with Crippen molar-refractivity contribution in [1.29, 1.82) is 0 Å². The zero-order valence-electron chi connectivity index (χ0n) is 20.9. The van der Waals surface area contributed by atoms with Gasteiger partial charge in [0.05, 0.1) is 24.7 Å². The molecule has 2 aliphatic rings. The highest BCUT2D eigenvalue weighted by Crippen LogP contribution is 2.30. The van der Waals surface area contributed by atoms with Crippen LogP contribution in [0.4, 0.5) is 10.1 Å². The molecule has 1 aliphatic heterocycles. The molecular formula is C27H28FN5O4S. The van der Waals surface area contributed by atoms with E-state index in [1.807, 2.05) is 0 Å². The van der Waals surface area contributed by atoms with Crippen molar-refractivity contribution in [2.45, 2.75) is 6.54 Å². The zero-order valence-corrected chi connectivity index (χ0v) is 21.7. The van der Waals surface area contributed by atoms with Crippen LogP contribution in [0.25, 0.3) is 0 Å². The van der Waals surface area contributed by atoms with Crippen LogP contribution in [-0.2, 0) is 16.6 Å². The van der Waals surface area contributed by atoms with Gasteiger partial charge in [0, 0.05) is 50.7 Å². The van der Waals surface area contributed by atoms with Gasteiger partial charge in [-0.25, -0.2) is 12.8 Å². The third kappa shape index (κ3) is 6.06. The number of carbonyl (C=O) groups is 1. The fourth-order valence-corrected chi connectivity index (χ4v) is 5.49. The number of aromatic nitrogens is 1. The average Bonchev–Trinajstić information content (AvgIpc) is 2.90. The smallest absolute Gasteiger partial charge is 0.264 e. The Kier molecular flexibility index (Phi) is 8.18. The predicted octanol–water partition coefficient (Wildman–Crippen LogP) is 3.52. The molecule has 1 aromatic heterocycles. The Morgan fingerprint density at radius 3 is 2.68 bits per heavy atom. The maximum absolute atomic E-state index is 13.4. The molecule has 1 aliphatic carbocycles. The number of benzene rings is 1. The first-order valence-corrected chi connectivity index (χ1v) is 13.3. The number of methoxy groups -OCH3 is 1. The van der Waals surface area contributed by atoms with Gasteiger partial charge in [-0.05, 0) is 41.5 Å². The molecule has 0 saturated carbocycles. The Bertz CT molecular complexity index is 1460. The van der Waals surface area contributed by atoms with Gasteiger partial charge in [0.2, 0.25) is 0 Å². The Balaban J connectivity index is 1.45. The first-order valence-electron chi connectivity index (χ1n) is 11.8. The summed E-state index contributed by atoms with van der Waals surface area (Å²) >= 11 is 0. The molecule has 9 nitrogen and oxygen atoms in total. The summed E-state index contributed by atoms with van der Waals surface area (Å²) in [5.41, 5.74) is 1.95. The maximum atomic E-state index is 13.4. The molecule has 2 heterocycles. The molecule has 4 rings (SSSR count). The summed E-state index contributed by atoms with van der Waals surface area (Å²) in [7, 11) is -2.65. The summed E-state index contributed by atoms with van der Waals surface area (Å²) < 4.78 is 47.7. The predicted molar refractivity (Wildman–Crippen MR) is 145 cm³/mol. The van der Waals surface area contributed by atoms with Crippen LogP contribution < -0.4 is 9.46 Å². The molecule has 1 N–H and O–H groups in total. The number of nitrogens with one attached hydrogen (secondary N) is 1. The Hall–Kier alpha value is -4.09. The number of anilines is 1. The van der Waals surface area contributed by atoms with Crippen LogP contribution in [0, 0.1) is 5.82 Å². The van der Waals surface area contributed by atoms with E-state index in [1.54, 1.807) is 29.3 Å². The highest BCUT2D eigenvalue weighted by atomic mass is 32.2. The number of aliphatic imine (C=N–C) groups is 1. The number of sulfonamides is 1. The number of amides is 1. The molecular weight excluding hydrogens is 509 g/mol. The lowest BCUT2D eigenvalue weighted by Gasteiger charge is -2.34. The fourth-order valence-electron chi connectivity index (χ4n) is 4.22. The van der Waals surface area contributed by atoms with E-state index in [-0.39, 0.29) is 33.8 Å². The first-order chi connectivity index (χ1) is 18.2. The number of ether oxygens (including phenoxy) is 1. The molecule has 0 radical (unpaired) electrons. The van der Waals surface area contributed by atoms with E-state index in [4.69, 9.17) is 4.74 Å². The summed E-state index contributed by atoms with van der Waals surface area (Å²) in [5, 5.41) is 0. The minimum Gasteiger partial charge on any atom is -0.495 e. The molecule has 1 saturated heterocycles. The Labute approximate surface area is 221 Å². The molecule has 38 heavy (non-hydrogen) atoms. The SMILES string of the molecule is C=CN=C1C(=C)C=CC=C1S(=O)(=O)Nc1ccc(C(=O)N2CCN(Cc3cncc(F)c3)CC2)cc1OC. The van der Waals surface area contributed by atoms with Crippen LogP contribution in [0.3, 0.4) is 0 Å². The van der Waals surface area contributed by atoms with Crippen molar-refractivity contribution in [2.24, 2.45) is 4.99 Å². The van der Waals surface area contributed by atoms with Gasteiger partial charge in [0.25, 0.3) is 15.9 Å². The van der Waals surface area contributed by atoms with Gasteiger partial charge >= 0.3 is 0 Å². The summed E-state index contributed by atoms with van der Waals surface area (Å²) in [6.07, 6.45) is 8.71. The molecule has 1 amide bonds. The van der Waals surface area contributed by atoms with Gasteiger partial charge in [-0.2, -0.15) is 0 Å². The second kappa shape index (κ2) is 11.5. The van der Waals surface area contributed by atoms with E-state index < -0.39 is 10.0 Å². The van der Waals surface area contributed by atoms with Crippen molar-refractivity contribution in [3.8, 4) is 5.75 Å². The van der Waals surface area contributed by atoms with Crippen molar-refractivity contribution in [1.82, 2.24) is 14.8 Å². The summed E-state index contributed by atoms with van der Waals surface area (Å²) in [4.78, 5) is 24.9. The molecule has 11 heteroatoms. The van der Waals surface area contributed by atoms with Crippen molar-refractivity contribution >= 4 is 27.3 Å². The minimum atomic E-state index is -4.05. The van der Waals surface area contributed by atoms with E-state index >= 15 is 0 Å². The first kappa shape index (κ1) is 27.0. The number of pyridine rings is 1. The van der Waals surface area contributed by atoms with Gasteiger partial charge in [0.1, 0.15) is 16.5 Å². The van der Waals surface area contributed by atoms with Crippen molar-refractivity contribution in [2.75, 3.05) is 38.0 Å². The van der Waals surface area contributed by atoms with E-state index in [0.29, 0.717) is 43.9 Å². The van der Waals surface area contributed by atoms with E-state index in [0.717, 1.165) is 5.56 Å². The lowest BCUT2D eigenvalue weighted by molar-refractivity contribution is 0.0628. The Morgan fingerprint density at radius 1 is 1.24 bits per heavy atom. The van der Waals surface area contributed by atoms with Crippen molar-refractivity contribution in [3.63, 3.8) is 0 Å².